The minimum atomic E-state index is -0.385. The van der Waals surface area contributed by atoms with E-state index >= 15 is 0 Å². The number of hydrogen-bond acceptors (Lipinski definition) is 4. The van der Waals surface area contributed by atoms with E-state index in [-0.39, 0.29) is 18.0 Å². The molecule has 0 aromatic heterocycles. The standard InChI is InChI=1S/C14H21N4O2S/c1-3-4-5-6-7-18-12(19)10-11(16(2)14(18)20)15-13-17(10)8-9-21-13/h10H,3-9H2,1-2H3/q+1. The Morgan fingerprint density at radius 2 is 2.14 bits per heavy atom. The maximum absolute atomic E-state index is 12.7. The molecule has 1 unspecified atom stereocenters. The molecular weight excluding hydrogens is 288 g/mol. The average Bonchev–Trinajstić information content (AvgIpc) is 3.04. The number of amidine groups is 2. The van der Waals surface area contributed by atoms with Crippen molar-refractivity contribution in [2.24, 2.45) is 4.99 Å². The third-order valence-corrected chi connectivity index (χ3v) is 5.14. The van der Waals surface area contributed by atoms with E-state index in [2.05, 4.69) is 11.9 Å². The lowest BCUT2D eigenvalue weighted by molar-refractivity contribution is -0.525. The number of imide groups is 1. The van der Waals surface area contributed by atoms with Gasteiger partial charge in [-0.3, -0.25) is 14.6 Å². The number of carbonyl (C=O) groups excluding carboxylic acids is 2. The largest absolute Gasteiger partial charge is 0.358 e. The van der Waals surface area contributed by atoms with Gasteiger partial charge in [0, 0.05) is 19.3 Å². The lowest BCUT2D eigenvalue weighted by Gasteiger charge is -2.33. The van der Waals surface area contributed by atoms with Crippen LogP contribution in [0.4, 0.5) is 4.79 Å². The van der Waals surface area contributed by atoms with E-state index in [0.29, 0.717) is 12.4 Å². The Balaban J connectivity index is 1.76. The molecule has 114 valence electrons. The van der Waals surface area contributed by atoms with Crippen molar-refractivity contribution < 1.29 is 14.2 Å². The summed E-state index contributed by atoms with van der Waals surface area (Å²) < 4.78 is 2.03. The van der Waals surface area contributed by atoms with Crippen molar-refractivity contribution in [3.63, 3.8) is 0 Å². The van der Waals surface area contributed by atoms with E-state index in [0.717, 1.165) is 43.1 Å². The average molecular weight is 309 g/mol. The molecule has 1 saturated heterocycles. The predicted molar refractivity (Wildman–Crippen MR) is 82.8 cm³/mol. The van der Waals surface area contributed by atoms with Crippen molar-refractivity contribution in [3.8, 4) is 0 Å². The molecule has 0 aliphatic carbocycles. The summed E-state index contributed by atoms with van der Waals surface area (Å²) in [5.74, 6) is 1.45. The van der Waals surface area contributed by atoms with Crippen molar-refractivity contribution in [1.82, 2.24) is 9.80 Å². The summed E-state index contributed by atoms with van der Waals surface area (Å²) in [6.45, 7) is 3.49. The van der Waals surface area contributed by atoms with E-state index in [1.165, 1.54) is 9.80 Å². The van der Waals surface area contributed by atoms with Crippen LogP contribution in [-0.2, 0) is 4.79 Å². The number of unbranched alkanes of at least 4 members (excludes halogenated alkanes) is 3. The predicted octanol–water partition coefficient (Wildman–Crippen LogP) is 1.36. The fraction of sp³-hybridized carbons (Fsp3) is 0.714. The summed E-state index contributed by atoms with van der Waals surface area (Å²) in [7, 11) is 1.72. The summed E-state index contributed by atoms with van der Waals surface area (Å²) in [5, 5.41) is 0.885. The van der Waals surface area contributed by atoms with Gasteiger partial charge in [0.25, 0.3) is 17.8 Å². The molecule has 1 atom stereocenters. The van der Waals surface area contributed by atoms with Crippen LogP contribution in [0.5, 0.6) is 0 Å². The van der Waals surface area contributed by atoms with Gasteiger partial charge in [-0.05, 0) is 23.2 Å². The summed E-state index contributed by atoms with van der Waals surface area (Å²) in [5.41, 5.74) is 0. The summed E-state index contributed by atoms with van der Waals surface area (Å²) in [6, 6.07) is -0.623. The lowest BCUT2D eigenvalue weighted by Crippen LogP contribution is -2.62. The molecule has 0 spiro atoms. The number of urea groups is 1. The first-order valence-corrected chi connectivity index (χ1v) is 8.57. The second-order valence-electron chi connectivity index (χ2n) is 5.59. The molecule has 3 amide bonds. The molecule has 3 heterocycles. The lowest BCUT2D eigenvalue weighted by atomic mass is 10.1. The van der Waals surface area contributed by atoms with Crippen molar-refractivity contribution >= 4 is 34.7 Å². The third kappa shape index (κ3) is 2.37. The maximum atomic E-state index is 12.7. The van der Waals surface area contributed by atoms with Crippen LogP contribution in [0.3, 0.4) is 0 Å². The molecule has 0 aromatic rings. The highest BCUT2D eigenvalue weighted by Crippen LogP contribution is 2.27. The molecule has 1 fully saturated rings. The second kappa shape index (κ2) is 5.79. The van der Waals surface area contributed by atoms with Gasteiger partial charge >= 0.3 is 11.2 Å². The molecule has 3 aliphatic heterocycles. The van der Waals surface area contributed by atoms with Crippen LogP contribution in [-0.4, -0.2) is 69.2 Å². The van der Waals surface area contributed by atoms with Gasteiger partial charge in [-0.25, -0.2) is 9.37 Å². The molecule has 0 aromatic carbocycles. The van der Waals surface area contributed by atoms with Gasteiger partial charge < -0.3 is 0 Å². The van der Waals surface area contributed by atoms with Gasteiger partial charge in [0.15, 0.2) is 0 Å². The van der Waals surface area contributed by atoms with Crippen molar-refractivity contribution in [2.45, 2.75) is 38.6 Å². The molecule has 6 nitrogen and oxygen atoms in total. The van der Waals surface area contributed by atoms with E-state index in [1.807, 2.05) is 4.58 Å². The highest BCUT2D eigenvalue weighted by molar-refractivity contribution is 8.13. The van der Waals surface area contributed by atoms with Gasteiger partial charge in [-0.2, -0.15) is 0 Å². The number of likely N-dealkylation sites (N-methyl/N-ethyl adjacent to an activating group) is 1. The van der Waals surface area contributed by atoms with Gasteiger partial charge in [0.05, 0.1) is 6.54 Å². The van der Waals surface area contributed by atoms with Crippen LogP contribution < -0.4 is 0 Å². The Hall–Kier alpha value is -1.37. The molecule has 7 heteroatoms. The number of nitrogens with zero attached hydrogens (tertiary/aromatic N) is 4. The molecule has 21 heavy (non-hydrogen) atoms. The van der Waals surface area contributed by atoms with Gasteiger partial charge in [0.1, 0.15) is 0 Å². The Labute approximate surface area is 128 Å². The monoisotopic (exact) mass is 309 g/mol. The topological polar surface area (TPSA) is 56.0 Å². The Kier molecular flexibility index (Phi) is 4.01. The number of hydrogen-bond donors (Lipinski definition) is 0. The molecule has 3 aliphatic rings. The minimum Gasteiger partial charge on any atom is -0.269 e. The second-order valence-corrected chi connectivity index (χ2v) is 6.65. The Morgan fingerprint density at radius 3 is 2.90 bits per heavy atom. The molecular formula is C14H21N4O2S+. The number of fused-ring (bicyclic) bond motifs is 2. The first-order valence-electron chi connectivity index (χ1n) is 7.59. The van der Waals surface area contributed by atoms with Crippen LogP contribution in [0.1, 0.15) is 32.6 Å². The zero-order valence-electron chi connectivity index (χ0n) is 12.5. The molecule has 0 bridgehead atoms. The first-order chi connectivity index (χ1) is 10.1. The van der Waals surface area contributed by atoms with E-state index < -0.39 is 0 Å². The number of aliphatic imine (C=N–C) groups is 1. The molecule has 0 saturated carbocycles. The van der Waals surface area contributed by atoms with Gasteiger partial charge in [0.2, 0.25) is 0 Å². The number of amides is 3. The van der Waals surface area contributed by atoms with Crippen LogP contribution in [0.25, 0.3) is 0 Å². The highest BCUT2D eigenvalue weighted by Gasteiger charge is 2.55. The van der Waals surface area contributed by atoms with E-state index in [1.54, 1.807) is 18.8 Å². The van der Waals surface area contributed by atoms with Gasteiger partial charge in [-0.15, -0.1) is 0 Å². The summed E-state index contributed by atoms with van der Waals surface area (Å²) >= 11 is 1.66. The molecule has 0 radical (unpaired) electrons. The molecule has 0 N–H and O–H groups in total. The fourth-order valence-electron chi connectivity index (χ4n) is 2.97. The minimum absolute atomic E-state index is 0.106. The molecule has 3 rings (SSSR count). The maximum Gasteiger partial charge on any atom is 0.358 e. The zero-order chi connectivity index (χ0) is 15.0. The van der Waals surface area contributed by atoms with E-state index in [4.69, 9.17) is 0 Å². The normalized spacial score (nSPS) is 24.7. The van der Waals surface area contributed by atoms with Crippen LogP contribution >= 0.6 is 11.8 Å². The van der Waals surface area contributed by atoms with Crippen molar-refractivity contribution in [3.05, 3.63) is 0 Å². The quantitative estimate of drug-likeness (QED) is 0.569. The van der Waals surface area contributed by atoms with Crippen molar-refractivity contribution in [2.75, 3.05) is 25.9 Å². The summed E-state index contributed by atoms with van der Waals surface area (Å²) in [6.07, 6.45) is 4.22. The smallest absolute Gasteiger partial charge is 0.269 e. The fourth-order valence-corrected chi connectivity index (χ4v) is 3.97. The van der Waals surface area contributed by atoms with Crippen LogP contribution in [0, 0.1) is 0 Å². The van der Waals surface area contributed by atoms with E-state index in [9.17, 15) is 9.59 Å². The van der Waals surface area contributed by atoms with Gasteiger partial charge in [-0.1, -0.05) is 26.2 Å². The Bertz CT molecular complexity index is 543. The third-order valence-electron chi connectivity index (χ3n) is 4.17. The zero-order valence-corrected chi connectivity index (χ0v) is 13.4. The first kappa shape index (κ1) is 14.6. The SMILES string of the molecule is CCCCCCN1C(=O)C2C(=NC3=[N+]2CCS3)N(C)C1=O. The summed E-state index contributed by atoms with van der Waals surface area (Å²) in [4.78, 5) is 32.5. The number of rotatable bonds is 5. The number of carbonyl (C=O) groups is 2. The van der Waals surface area contributed by atoms with Crippen LogP contribution in [0.15, 0.2) is 4.99 Å². The Morgan fingerprint density at radius 1 is 1.33 bits per heavy atom. The van der Waals surface area contributed by atoms with Crippen molar-refractivity contribution in [1.29, 1.82) is 0 Å². The van der Waals surface area contributed by atoms with Crippen LogP contribution in [0.2, 0.25) is 0 Å². The highest BCUT2D eigenvalue weighted by atomic mass is 32.2. The number of thioether (sulfide) groups is 1.